The third-order valence-corrected chi connectivity index (χ3v) is 4.14. The summed E-state index contributed by atoms with van der Waals surface area (Å²) >= 11 is 5.73. The van der Waals surface area contributed by atoms with E-state index in [4.69, 9.17) is 16.3 Å². The van der Waals surface area contributed by atoms with E-state index in [0.717, 1.165) is 11.1 Å². The van der Waals surface area contributed by atoms with Gasteiger partial charge in [-0.15, -0.1) is 11.6 Å². The van der Waals surface area contributed by atoms with Crippen molar-refractivity contribution in [3.63, 3.8) is 0 Å². The first-order valence-electron chi connectivity index (χ1n) is 5.89. The van der Waals surface area contributed by atoms with Crippen LogP contribution in [0.2, 0.25) is 0 Å². The monoisotopic (exact) mass is 311 g/mol. The van der Waals surface area contributed by atoms with Crippen LogP contribution in [0, 0.1) is 6.92 Å². The summed E-state index contributed by atoms with van der Waals surface area (Å²) in [5, 5.41) is 0. The molecule has 0 aliphatic heterocycles. The first kappa shape index (κ1) is 14.8. The van der Waals surface area contributed by atoms with Crippen LogP contribution in [-0.2, 0) is 15.7 Å². The summed E-state index contributed by atoms with van der Waals surface area (Å²) in [5.41, 5.74) is 1.79. The molecule has 2 rings (SSSR count). The Hall–Kier alpha value is -1.59. The molecule has 0 fully saturated rings. The zero-order valence-electron chi connectivity index (χ0n) is 11.1. The molecule has 106 valence electrons. The van der Waals surface area contributed by atoms with Crippen LogP contribution < -0.4 is 4.74 Å². The largest absolute Gasteiger partial charge is 0.439 e. The lowest BCUT2D eigenvalue weighted by Gasteiger charge is -2.08. The second-order valence-corrected chi connectivity index (χ2v) is 6.73. The van der Waals surface area contributed by atoms with E-state index in [2.05, 4.69) is 4.98 Å². The van der Waals surface area contributed by atoms with Crippen LogP contribution in [0.4, 0.5) is 0 Å². The highest BCUT2D eigenvalue weighted by molar-refractivity contribution is 7.90. The van der Waals surface area contributed by atoms with Crippen LogP contribution in [0.15, 0.2) is 41.4 Å². The fraction of sp³-hybridized carbons (Fsp3) is 0.214. The van der Waals surface area contributed by atoms with E-state index in [9.17, 15) is 8.42 Å². The van der Waals surface area contributed by atoms with Crippen LogP contribution in [0.3, 0.4) is 0 Å². The lowest BCUT2D eigenvalue weighted by Crippen LogP contribution is -1.97. The van der Waals surface area contributed by atoms with Crippen LogP contribution in [-0.4, -0.2) is 19.7 Å². The van der Waals surface area contributed by atoms with Gasteiger partial charge >= 0.3 is 0 Å². The number of nitrogens with zero attached hydrogens (tertiary/aromatic N) is 1. The van der Waals surface area contributed by atoms with E-state index in [1.807, 2.05) is 13.0 Å². The normalized spacial score (nSPS) is 11.3. The van der Waals surface area contributed by atoms with Crippen molar-refractivity contribution in [3.05, 3.63) is 47.7 Å². The molecule has 0 N–H and O–H groups in total. The van der Waals surface area contributed by atoms with Gasteiger partial charge in [0.25, 0.3) is 0 Å². The van der Waals surface area contributed by atoms with Crippen LogP contribution in [0.1, 0.15) is 11.1 Å². The number of pyridine rings is 1. The van der Waals surface area contributed by atoms with E-state index in [0.29, 0.717) is 17.5 Å². The van der Waals surface area contributed by atoms with E-state index in [1.54, 1.807) is 18.3 Å². The highest BCUT2D eigenvalue weighted by Gasteiger charge is 2.08. The molecule has 1 aromatic heterocycles. The SMILES string of the molecule is Cc1cc(CCl)cnc1Oc1ccc(S(C)(=O)=O)cc1. The Kier molecular flexibility index (Phi) is 4.30. The van der Waals surface area contributed by atoms with Crippen LogP contribution >= 0.6 is 11.6 Å². The van der Waals surface area contributed by atoms with Gasteiger partial charge in [-0.05, 0) is 42.8 Å². The Labute approximate surface area is 123 Å². The number of aromatic nitrogens is 1. The summed E-state index contributed by atoms with van der Waals surface area (Å²) in [6, 6.07) is 8.13. The highest BCUT2D eigenvalue weighted by Crippen LogP contribution is 2.24. The lowest BCUT2D eigenvalue weighted by molar-refractivity contribution is 0.458. The standard InChI is InChI=1S/C14H14ClNO3S/c1-10-7-11(8-15)9-16-14(10)19-12-3-5-13(6-4-12)20(2,17)18/h3-7,9H,8H2,1-2H3. The topological polar surface area (TPSA) is 56.3 Å². The number of hydrogen-bond acceptors (Lipinski definition) is 4. The molecule has 0 spiro atoms. The molecule has 0 radical (unpaired) electrons. The molecular formula is C14H14ClNO3S. The average molecular weight is 312 g/mol. The molecule has 1 aromatic carbocycles. The second kappa shape index (κ2) is 5.81. The summed E-state index contributed by atoms with van der Waals surface area (Å²) < 4.78 is 28.4. The predicted octanol–water partition coefficient (Wildman–Crippen LogP) is 3.32. The van der Waals surface area contributed by atoms with Gasteiger partial charge in [0.2, 0.25) is 5.88 Å². The van der Waals surface area contributed by atoms with Crippen LogP contribution in [0.5, 0.6) is 11.6 Å². The summed E-state index contributed by atoms with van der Waals surface area (Å²) in [5.74, 6) is 1.41. The molecule has 0 saturated carbocycles. The van der Waals surface area contributed by atoms with Gasteiger partial charge in [-0.3, -0.25) is 0 Å². The third kappa shape index (κ3) is 3.49. The maximum Gasteiger partial charge on any atom is 0.222 e. The second-order valence-electron chi connectivity index (χ2n) is 4.44. The minimum atomic E-state index is -3.20. The van der Waals surface area contributed by atoms with Crippen molar-refractivity contribution in [2.75, 3.05) is 6.26 Å². The first-order chi connectivity index (χ1) is 9.40. The van der Waals surface area contributed by atoms with Crippen molar-refractivity contribution >= 4 is 21.4 Å². The van der Waals surface area contributed by atoms with E-state index in [1.165, 1.54) is 18.4 Å². The van der Waals surface area contributed by atoms with Gasteiger partial charge in [0.15, 0.2) is 9.84 Å². The predicted molar refractivity (Wildman–Crippen MR) is 78.2 cm³/mol. The van der Waals surface area contributed by atoms with Gasteiger partial charge in [-0.2, -0.15) is 0 Å². The third-order valence-electron chi connectivity index (χ3n) is 2.71. The molecule has 0 bridgehead atoms. The van der Waals surface area contributed by atoms with Crippen molar-refractivity contribution in [1.82, 2.24) is 4.98 Å². The van der Waals surface area contributed by atoms with Crippen molar-refractivity contribution in [3.8, 4) is 11.6 Å². The maximum atomic E-state index is 11.4. The summed E-state index contributed by atoms with van der Waals surface area (Å²) in [4.78, 5) is 4.45. The van der Waals surface area contributed by atoms with Crippen molar-refractivity contribution < 1.29 is 13.2 Å². The first-order valence-corrected chi connectivity index (χ1v) is 8.32. The Morgan fingerprint density at radius 3 is 2.40 bits per heavy atom. The fourth-order valence-corrected chi connectivity index (χ4v) is 2.44. The molecule has 0 aliphatic carbocycles. The smallest absolute Gasteiger partial charge is 0.222 e. The molecule has 0 amide bonds. The zero-order chi connectivity index (χ0) is 14.8. The Bertz CT molecular complexity index is 712. The number of sulfone groups is 1. The molecule has 0 atom stereocenters. The van der Waals surface area contributed by atoms with E-state index in [-0.39, 0.29) is 4.90 Å². The molecule has 0 unspecified atom stereocenters. The number of halogens is 1. The molecule has 6 heteroatoms. The highest BCUT2D eigenvalue weighted by atomic mass is 35.5. The van der Waals surface area contributed by atoms with Crippen LogP contribution in [0.25, 0.3) is 0 Å². The van der Waals surface area contributed by atoms with Gasteiger partial charge in [0, 0.05) is 23.9 Å². The van der Waals surface area contributed by atoms with Crippen molar-refractivity contribution in [2.24, 2.45) is 0 Å². The lowest BCUT2D eigenvalue weighted by atomic mass is 10.2. The minimum absolute atomic E-state index is 0.256. The molecule has 0 saturated heterocycles. The molecule has 0 aliphatic rings. The molecular weight excluding hydrogens is 298 g/mol. The van der Waals surface area contributed by atoms with Gasteiger partial charge in [0.1, 0.15) is 5.75 Å². The average Bonchev–Trinajstić information content (AvgIpc) is 2.40. The van der Waals surface area contributed by atoms with Gasteiger partial charge in [-0.1, -0.05) is 0 Å². The van der Waals surface area contributed by atoms with Crippen molar-refractivity contribution in [2.45, 2.75) is 17.7 Å². The van der Waals surface area contributed by atoms with Crippen molar-refractivity contribution in [1.29, 1.82) is 0 Å². The summed E-state index contributed by atoms with van der Waals surface area (Å²) in [6.07, 6.45) is 2.82. The molecule has 20 heavy (non-hydrogen) atoms. The van der Waals surface area contributed by atoms with Gasteiger partial charge < -0.3 is 4.74 Å². The Morgan fingerprint density at radius 2 is 1.90 bits per heavy atom. The Morgan fingerprint density at radius 1 is 1.25 bits per heavy atom. The number of rotatable bonds is 4. The number of alkyl halides is 1. The minimum Gasteiger partial charge on any atom is -0.439 e. The number of benzene rings is 1. The van der Waals surface area contributed by atoms with Gasteiger partial charge in [-0.25, -0.2) is 13.4 Å². The number of aryl methyl sites for hydroxylation is 1. The quantitative estimate of drug-likeness (QED) is 0.813. The number of ether oxygens (including phenoxy) is 1. The Balaban J connectivity index is 2.22. The number of hydrogen-bond donors (Lipinski definition) is 0. The van der Waals surface area contributed by atoms with E-state index < -0.39 is 9.84 Å². The van der Waals surface area contributed by atoms with E-state index >= 15 is 0 Å². The molecule has 4 nitrogen and oxygen atoms in total. The fourth-order valence-electron chi connectivity index (χ4n) is 1.67. The molecule has 2 aromatic rings. The summed E-state index contributed by atoms with van der Waals surface area (Å²) in [7, 11) is -3.20. The zero-order valence-corrected chi connectivity index (χ0v) is 12.7. The maximum absolute atomic E-state index is 11.4. The van der Waals surface area contributed by atoms with Gasteiger partial charge in [0.05, 0.1) is 4.90 Å². The molecule has 1 heterocycles. The summed E-state index contributed by atoms with van der Waals surface area (Å²) in [6.45, 7) is 1.88.